The standard InChI is InChI=1S/C14H26N2S2/c1-6-11(4)17-9-14-16-12(7-10(2)3)13(18-14)8-15-5/h10-11,15H,6-9H2,1-5H3. The van der Waals surface area contributed by atoms with Gasteiger partial charge in [-0.05, 0) is 25.8 Å². The number of thiazole rings is 1. The lowest BCUT2D eigenvalue weighted by Crippen LogP contribution is -2.07. The van der Waals surface area contributed by atoms with Crippen LogP contribution < -0.4 is 5.32 Å². The molecule has 1 N–H and O–H groups in total. The lowest BCUT2D eigenvalue weighted by atomic mass is 10.1. The van der Waals surface area contributed by atoms with E-state index in [0.29, 0.717) is 5.92 Å². The first-order valence-corrected chi connectivity index (χ1v) is 8.66. The van der Waals surface area contributed by atoms with E-state index in [9.17, 15) is 0 Å². The molecule has 1 atom stereocenters. The highest BCUT2D eigenvalue weighted by Crippen LogP contribution is 2.26. The molecule has 0 radical (unpaired) electrons. The maximum absolute atomic E-state index is 4.83. The van der Waals surface area contributed by atoms with Crippen molar-refractivity contribution in [2.45, 2.75) is 58.1 Å². The number of nitrogens with one attached hydrogen (secondary N) is 1. The van der Waals surface area contributed by atoms with Gasteiger partial charge in [-0.1, -0.05) is 27.7 Å². The van der Waals surface area contributed by atoms with Gasteiger partial charge in [0.2, 0.25) is 0 Å². The normalized spacial score (nSPS) is 13.2. The minimum absolute atomic E-state index is 0.678. The number of nitrogens with zero attached hydrogens (tertiary/aromatic N) is 1. The Morgan fingerprint density at radius 2 is 2.06 bits per heavy atom. The number of thioether (sulfide) groups is 1. The summed E-state index contributed by atoms with van der Waals surface area (Å²) in [6.45, 7) is 10.0. The molecule has 0 fully saturated rings. The van der Waals surface area contributed by atoms with Gasteiger partial charge in [0.25, 0.3) is 0 Å². The fraction of sp³-hybridized carbons (Fsp3) is 0.786. The fourth-order valence-electron chi connectivity index (χ4n) is 1.67. The van der Waals surface area contributed by atoms with Crippen LogP contribution in [-0.2, 0) is 18.7 Å². The van der Waals surface area contributed by atoms with E-state index in [0.717, 1.165) is 24.0 Å². The lowest BCUT2D eigenvalue weighted by molar-refractivity contribution is 0.630. The van der Waals surface area contributed by atoms with Crippen molar-refractivity contribution in [2.75, 3.05) is 7.05 Å². The van der Waals surface area contributed by atoms with Crippen molar-refractivity contribution < 1.29 is 0 Å². The van der Waals surface area contributed by atoms with Crippen molar-refractivity contribution in [2.24, 2.45) is 5.92 Å². The van der Waals surface area contributed by atoms with Crippen LogP contribution in [0.1, 0.15) is 49.7 Å². The molecule has 0 bridgehead atoms. The number of hydrogen-bond donors (Lipinski definition) is 1. The molecule has 0 saturated carbocycles. The summed E-state index contributed by atoms with van der Waals surface area (Å²) >= 11 is 3.90. The van der Waals surface area contributed by atoms with Gasteiger partial charge in [0.1, 0.15) is 5.01 Å². The van der Waals surface area contributed by atoms with Crippen LogP contribution >= 0.6 is 23.1 Å². The first-order chi connectivity index (χ1) is 8.56. The van der Waals surface area contributed by atoms with Gasteiger partial charge < -0.3 is 5.32 Å². The van der Waals surface area contributed by atoms with E-state index in [4.69, 9.17) is 4.98 Å². The topological polar surface area (TPSA) is 24.9 Å². The summed E-state index contributed by atoms with van der Waals surface area (Å²) in [7, 11) is 2.01. The largest absolute Gasteiger partial charge is 0.315 e. The van der Waals surface area contributed by atoms with Gasteiger partial charge in [0.15, 0.2) is 0 Å². The van der Waals surface area contributed by atoms with Crippen LogP contribution in [0.2, 0.25) is 0 Å². The van der Waals surface area contributed by atoms with Gasteiger partial charge in [-0.3, -0.25) is 0 Å². The van der Waals surface area contributed by atoms with E-state index in [1.165, 1.54) is 22.0 Å². The third kappa shape index (κ3) is 5.29. The predicted molar refractivity (Wildman–Crippen MR) is 84.5 cm³/mol. The van der Waals surface area contributed by atoms with Crippen LogP contribution in [0, 0.1) is 5.92 Å². The molecule has 0 aliphatic carbocycles. The smallest absolute Gasteiger partial charge is 0.103 e. The van der Waals surface area contributed by atoms with Crippen LogP contribution in [-0.4, -0.2) is 17.3 Å². The Kier molecular flexibility index (Phi) is 7.27. The Morgan fingerprint density at radius 3 is 2.61 bits per heavy atom. The third-order valence-corrected chi connectivity index (χ3v) is 5.45. The minimum Gasteiger partial charge on any atom is -0.315 e. The summed E-state index contributed by atoms with van der Waals surface area (Å²) < 4.78 is 0. The van der Waals surface area contributed by atoms with E-state index in [-0.39, 0.29) is 0 Å². The zero-order valence-electron chi connectivity index (χ0n) is 12.2. The molecule has 0 saturated heterocycles. The first kappa shape index (κ1) is 16.0. The lowest BCUT2D eigenvalue weighted by Gasteiger charge is -2.05. The van der Waals surface area contributed by atoms with Gasteiger partial charge in [0, 0.05) is 22.4 Å². The summed E-state index contributed by atoms with van der Waals surface area (Å²) in [5, 5.41) is 5.28. The highest BCUT2D eigenvalue weighted by molar-refractivity contribution is 7.99. The SMILES string of the molecule is CCC(C)SCc1nc(CC(C)C)c(CNC)s1. The molecule has 1 rings (SSSR count). The highest BCUT2D eigenvalue weighted by Gasteiger charge is 2.12. The first-order valence-electron chi connectivity index (χ1n) is 6.80. The maximum Gasteiger partial charge on any atom is 0.103 e. The Morgan fingerprint density at radius 1 is 1.33 bits per heavy atom. The third-order valence-electron chi connectivity index (χ3n) is 2.83. The van der Waals surface area contributed by atoms with E-state index in [1.807, 2.05) is 30.1 Å². The Labute approximate surface area is 120 Å². The van der Waals surface area contributed by atoms with Crippen molar-refractivity contribution >= 4 is 23.1 Å². The Balaban J connectivity index is 2.68. The minimum atomic E-state index is 0.678. The molecular formula is C14H26N2S2. The summed E-state index contributed by atoms with van der Waals surface area (Å²) in [5.41, 5.74) is 1.31. The molecule has 4 heteroatoms. The molecule has 0 spiro atoms. The zero-order chi connectivity index (χ0) is 13.5. The predicted octanol–water partition coefficient (Wildman–Crippen LogP) is 4.09. The summed E-state index contributed by atoms with van der Waals surface area (Å²) in [6.07, 6.45) is 2.33. The van der Waals surface area contributed by atoms with Crippen molar-refractivity contribution in [3.05, 3.63) is 15.6 Å². The monoisotopic (exact) mass is 286 g/mol. The van der Waals surface area contributed by atoms with E-state index >= 15 is 0 Å². The summed E-state index contributed by atoms with van der Waals surface area (Å²) in [6, 6.07) is 0. The number of aromatic nitrogens is 1. The molecule has 1 aromatic heterocycles. The molecule has 0 aliphatic heterocycles. The molecule has 104 valence electrons. The second-order valence-corrected chi connectivity index (χ2v) is 7.73. The summed E-state index contributed by atoms with van der Waals surface area (Å²) in [5.74, 6) is 1.74. The second-order valence-electron chi connectivity index (χ2n) is 5.14. The molecule has 1 heterocycles. The quantitative estimate of drug-likeness (QED) is 0.779. The number of hydrogen-bond acceptors (Lipinski definition) is 4. The molecule has 0 aliphatic rings. The Bertz CT molecular complexity index is 348. The molecule has 1 unspecified atom stereocenters. The highest BCUT2D eigenvalue weighted by atomic mass is 32.2. The maximum atomic E-state index is 4.83. The molecule has 0 amide bonds. The summed E-state index contributed by atoms with van der Waals surface area (Å²) in [4.78, 5) is 6.26. The average Bonchev–Trinajstić information content (AvgIpc) is 2.68. The van der Waals surface area contributed by atoms with Crippen LogP contribution in [0.4, 0.5) is 0 Å². The van der Waals surface area contributed by atoms with Gasteiger partial charge in [0.05, 0.1) is 5.69 Å². The fourth-order valence-corrected chi connectivity index (χ4v) is 3.75. The van der Waals surface area contributed by atoms with Crippen molar-refractivity contribution in [3.8, 4) is 0 Å². The van der Waals surface area contributed by atoms with Crippen LogP contribution in [0.3, 0.4) is 0 Å². The van der Waals surface area contributed by atoms with Gasteiger partial charge >= 0.3 is 0 Å². The molecule has 0 aromatic carbocycles. The molecule has 18 heavy (non-hydrogen) atoms. The zero-order valence-corrected chi connectivity index (χ0v) is 13.9. The van der Waals surface area contributed by atoms with Crippen molar-refractivity contribution in [1.29, 1.82) is 0 Å². The Hall–Kier alpha value is -0.0600. The van der Waals surface area contributed by atoms with Crippen LogP contribution in [0.15, 0.2) is 0 Å². The van der Waals surface area contributed by atoms with Gasteiger partial charge in [-0.15, -0.1) is 11.3 Å². The average molecular weight is 287 g/mol. The van der Waals surface area contributed by atoms with Crippen LogP contribution in [0.25, 0.3) is 0 Å². The van der Waals surface area contributed by atoms with Crippen LogP contribution in [0.5, 0.6) is 0 Å². The second kappa shape index (κ2) is 8.18. The van der Waals surface area contributed by atoms with Gasteiger partial charge in [-0.2, -0.15) is 11.8 Å². The van der Waals surface area contributed by atoms with E-state index < -0.39 is 0 Å². The van der Waals surface area contributed by atoms with E-state index in [1.54, 1.807) is 0 Å². The van der Waals surface area contributed by atoms with Gasteiger partial charge in [-0.25, -0.2) is 4.98 Å². The van der Waals surface area contributed by atoms with Crippen molar-refractivity contribution in [1.82, 2.24) is 10.3 Å². The molecule has 1 aromatic rings. The number of rotatable bonds is 8. The van der Waals surface area contributed by atoms with Crippen molar-refractivity contribution in [3.63, 3.8) is 0 Å². The van der Waals surface area contributed by atoms with E-state index in [2.05, 4.69) is 33.0 Å². The molecule has 2 nitrogen and oxygen atoms in total. The molecular weight excluding hydrogens is 260 g/mol.